The molecular formula is C22H25FN4O5S. The molecule has 1 spiro atoms. The fourth-order valence-electron chi connectivity index (χ4n) is 6.82. The van der Waals surface area contributed by atoms with Gasteiger partial charge in [-0.3, -0.25) is 0 Å². The van der Waals surface area contributed by atoms with Crippen molar-refractivity contribution >= 4 is 16.0 Å². The van der Waals surface area contributed by atoms with Crippen LogP contribution in [0.3, 0.4) is 0 Å². The van der Waals surface area contributed by atoms with Crippen LogP contribution >= 0.6 is 0 Å². The number of aliphatic imine (C=N–C) groups is 1. The largest absolute Gasteiger partial charge is 0.493 e. The average Bonchev–Trinajstić information content (AvgIpc) is 3.06. The Morgan fingerprint density at radius 3 is 2.79 bits per heavy atom. The highest BCUT2D eigenvalue weighted by Crippen LogP contribution is 2.74. The SMILES string of the molecule is COC[C@H]1C[C@]23C(O1)[C@]2(c1cc(OCC24CC(C#N)(C2)C4)ccc1F)N=C(N)N(C)S3(=O)=O. The van der Waals surface area contributed by atoms with Gasteiger partial charge in [0.05, 0.1) is 30.8 Å². The van der Waals surface area contributed by atoms with Gasteiger partial charge in [-0.25, -0.2) is 22.1 Å². The lowest BCUT2D eigenvalue weighted by atomic mass is 9.36. The fraction of sp³-hybridized carbons (Fsp3) is 0.636. The first kappa shape index (κ1) is 21.1. The van der Waals surface area contributed by atoms with Crippen LogP contribution in [0.25, 0.3) is 0 Å². The molecule has 176 valence electrons. The Bertz CT molecular complexity index is 1230. The first-order chi connectivity index (χ1) is 15.6. The zero-order chi connectivity index (χ0) is 23.4. The van der Waals surface area contributed by atoms with E-state index >= 15 is 4.39 Å². The smallest absolute Gasteiger partial charge is 0.248 e. The number of nitriles is 1. The number of ether oxygens (including phenoxy) is 3. The number of fused-ring (bicyclic) bond motifs is 1. The van der Waals surface area contributed by atoms with Crippen molar-refractivity contribution in [1.82, 2.24) is 4.31 Å². The predicted molar refractivity (Wildman–Crippen MR) is 114 cm³/mol. The second-order valence-corrected chi connectivity index (χ2v) is 12.5. The van der Waals surface area contributed by atoms with E-state index in [-0.39, 0.29) is 35.4 Å². The van der Waals surface area contributed by atoms with Crippen molar-refractivity contribution in [3.05, 3.63) is 29.6 Å². The summed E-state index contributed by atoms with van der Waals surface area (Å²) in [5.41, 5.74) is 4.44. The predicted octanol–water partition coefficient (Wildman–Crippen LogP) is 1.24. The standard InChI is InChI=1S/C22H25FN4O5S/c1-27-18(25)26-22(17-21(22,33(27,28)29)6-14(32-17)7-30-2)15-5-13(3-4-16(15)23)31-12-20-8-19(9-20,10-20)11-24/h3-5,14,17H,6-10,12H2,1-2H3,(H2,25,26)/t14-,17?,19?,20?,21+,22+/m1/s1. The Balaban J connectivity index is 1.35. The van der Waals surface area contributed by atoms with Gasteiger partial charge in [0.2, 0.25) is 16.0 Å². The van der Waals surface area contributed by atoms with Crippen molar-refractivity contribution in [2.45, 2.75) is 48.2 Å². The summed E-state index contributed by atoms with van der Waals surface area (Å²) in [5, 5.41) is 9.21. The summed E-state index contributed by atoms with van der Waals surface area (Å²) < 4.78 is 59.0. The second-order valence-electron chi connectivity index (χ2n) is 10.2. The topological polar surface area (TPSA) is 127 Å². The summed E-state index contributed by atoms with van der Waals surface area (Å²) in [7, 11) is -1.11. The minimum Gasteiger partial charge on any atom is -0.493 e. The number of nitrogens with two attached hydrogens (primary N) is 1. The normalized spacial score (nSPS) is 43.3. The Hall–Kier alpha value is -2.42. The third kappa shape index (κ3) is 2.32. The van der Waals surface area contributed by atoms with E-state index in [1.165, 1.54) is 32.4 Å². The van der Waals surface area contributed by atoms with Gasteiger partial charge in [0, 0.05) is 31.6 Å². The molecule has 2 aliphatic heterocycles. The maximum Gasteiger partial charge on any atom is 0.248 e. The van der Waals surface area contributed by atoms with Gasteiger partial charge in [-0.2, -0.15) is 5.26 Å². The Morgan fingerprint density at radius 2 is 2.12 bits per heavy atom. The first-order valence-corrected chi connectivity index (χ1v) is 12.4. The third-order valence-electron chi connectivity index (χ3n) is 8.28. The summed E-state index contributed by atoms with van der Waals surface area (Å²) in [4.78, 5) is 4.51. The number of rotatable bonds is 6. The summed E-state index contributed by atoms with van der Waals surface area (Å²) in [6.07, 6.45) is 1.26. The molecule has 9 nitrogen and oxygen atoms in total. The van der Waals surface area contributed by atoms with E-state index in [1.807, 2.05) is 0 Å². The van der Waals surface area contributed by atoms with Crippen LogP contribution in [0.15, 0.2) is 23.2 Å². The van der Waals surface area contributed by atoms with Crippen LogP contribution < -0.4 is 10.5 Å². The molecule has 0 aromatic heterocycles. The molecule has 1 unspecified atom stereocenters. The number of methoxy groups -OCH3 is 1. The van der Waals surface area contributed by atoms with Gasteiger partial charge in [0.15, 0.2) is 4.75 Å². The van der Waals surface area contributed by atoms with Crippen molar-refractivity contribution in [3.63, 3.8) is 0 Å². The monoisotopic (exact) mass is 476 g/mol. The Kier molecular flexibility index (Phi) is 3.95. The van der Waals surface area contributed by atoms with Gasteiger partial charge in [-0.1, -0.05) is 0 Å². The van der Waals surface area contributed by atoms with Crippen LogP contribution in [0, 0.1) is 28.0 Å². The minimum absolute atomic E-state index is 0.00975. The van der Waals surface area contributed by atoms with Crippen LogP contribution in [0.5, 0.6) is 5.75 Å². The first-order valence-electron chi connectivity index (χ1n) is 10.9. The maximum absolute atomic E-state index is 15.2. The molecule has 2 heterocycles. The molecule has 33 heavy (non-hydrogen) atoms. The molecule has 4 saturated carbocycles. The van der Waals surface area contributed by atoms with E-state index < -0.39 is 38.3 Å². The minimum atomic E-state index is -3.98. The molecule has 1 aromatic rings. The van der Waals surface area contributed by atoms with Gasteiger partial charge >= 0.3 is 0 Å². The molecule has 7 rings (SSSR count). The lowest BCUT2D eigenvalue weighted by Crippen LogP contribution is -2.63. The molecule has 2 bridgehead atoms. The number of hydrogen-bond donors (Lipinski definition) is 1. The van der Waals surface area contributed by atoms with Gasteiger partial charge in [0.25, 0.3) is 0 Å². The van der Waals surface area contributed by atoms with E-state index in [2.05, 4.69) is 11.1 Å². The van der Waals surface area contributed by atoms with Gasteiger partial charge in [-0.15, -0.1) is 0 Å². The van der Waals surface area contributed by atoms with Gasteiger partial charge in [0.1, 0.15) is 23.2 Å². The van der Waals surface area contributed by atoms with Gasteiger partial charge in [-0.05, 0) is 37.5 Å². The van der Waals surface area contributed by atoms with E-state index in [9.17, 15) is 13.7 Å². The number of halogens is 1. The summed E-state index contributed by atoms with van der Waals surface area (Å²) >= 11 is 0. The third-order valence-corrected chi connectivity index (χ3v) is 10.8. The molecule has 4 aliphatic carbocycles. The lowest BCUT2D eigenvalue weighted by Gasteiger charge is -2.66. The maximum atomic E-state index is 15.2. The van der Waals surface area contributed by atoms with Crippen molar-refractivity contribution in [2.24, 2.45) is 21.6 Å². The second kappa shape index (κ2) is 6.17. The highest BCUT2D eigenvalue weighted by molar-refractivity contribution is 7.91. The molecule has 1 aromatic carbocycles. The molecule has 4 atom stereocenters. The van der Waals surface area contributed by atoms with Crippen molar-refractivity contribution in [3.8, 4) is 11.8 Å². The number of nitrogens with zero attached hydrogens (tertiary/aromatic N) is 3. The summed E-state index contributed by atoms with van der Waals surface area (Å²) in [6, 6.07) is 6.68. The number of benzene rings is 1. The van der Waals surface area contributed by atoms with E-state index in [0.29, 0.717) is 12.4 Å². The molecule has 1 saturated heterocycles. The highest BCUT2D eigenvalue weighted by Gasteiger charge is 2.91. The zero-order valence-electron chi connectivity index (χ0n) is 18.4. The van der Waals surface area contributed by atoms with Crippen LogP contribution in [0.4, 0.5) is 4.39 Å². The summed E-state index contributed by atoms with van der Waals surface area (Å²) in [5.74, 6) is -0.369. The Labute approximate surface area is 191 Å². The molecule has 2 N–H and O–H groups in total. The number of sulfonamides is 1. The van der Waals surface area contributed by atoms with E-state index in [1.54, 1.807) is 0 Å². The fourth-order valence-corrected chi connectivity index (χ4v) is 9.09. The van der Waals surface area contributed by atoms with Crippen molar-refractivity contribution < 1.29 is 27.0 Å². The van der Waals surface area contributed by atoms with Crippen LogP contribution in [0.2, 0.25) is 0 Å². The Morgan fingerprint density at radius 1 is 1.39 bits per heavy atom. The molecular weight excluding hydrogens is 451 g/mol. The lowest BCUT2D eigenvalue weighted by molar-refractivity contribution is -0.181. The molecule has 0 radical (unpaired) electrons. The molecule has 0 amide bonds. The van der Waals surface area contributed by atoms with E-state index in [4.69, 9.17) is 19.9 Å². The molecule has 6 aliphatic rings. The quantitative estimate of drug-likeness (QED) is 0.654. The average molecular weight is 477 g/mol. The zero-order valence-corrected chi connectivity index (χ0v) is 19.2. The highest BCUT2D eigenvalue weighted by atomic mass is 32.2. The summed E-state index contributed by atoms with van der Waals surface area (Å²) in [6.45, 7) is 0.659. The molecule has 5 fully saturated rings. The van der Waals surface area contributed by atoms with Crippen molar-refractivity contribution in [1.29, 1.82) is 5.26 Å². The van der Waals surface area contributed by atoms with Crippen molar-refractivity contribution in [2.75, 3.05) is 27.4 Å². The van der Waals surface area contributed by atoms with Crippen LogP contribution in [-0.4, -0.2) is 63.0 Å². The number of guanidine groups is 1. The number of hydrogen-bond acceptors (Lipinski definition) is 8. The van der Waals surface area contributed by atoms with E-state index in [0.717, 1.165) is 23.6 Å². The van der Waals surface area contributed by atoms with Gasteiger partial charge < -0.3 is 19.9 Å². The van der Waals surface area contributed by atoms with Crippen LogP contribution in [0.1, 0.15) is 31.2 Å². The van der Waals surface area contributed by atoms with Crippen LogP contribution in [-0.2, 0) is 25.0 Å². The molecule has 11 heteroatoms.